The summed E-state index contributed by atoms with van der Waals surface area (Å²) in [5.74, 6) is 0.163. The highest BCUT2D eigenvalue weighted by molar-refractivity contribution is 5.86. The van der Waals surface area contributed by atoms with Crippen LogP contribution in [0.15, 0.2) is 36.7 Å². The zero-order valence-corrected chi connectivity index (χ0v) is 10.7. The van der Waals surface area contributed by atoms with Crippen molar-refractivity contribution < 1.29 is 14.3 Å². The van der Waals surface area contributed by atoms with Crippen LogP contribution < -0.4 is 4.74 Å². The predicted molar refractivity (Wildman–Crippen MR) is 69.2 cm³/mol. The average Bonchev–Trinajstić information content (AvgIpc) is 2.49. The maximum Gasteiger partial charge on any atom is 0.358 e. The lowest BCUT2D eigenvalue weighted by atomic mass is 10.2. The highest BCUT2D eigenvalue weighted by atomic mass is 16.5. The largest absolute Gasteiger partial charge is 0.464 e. The number of hydrogen-bond donors (Lipinski definition) is 0. The fraction of sp³-hybridized carbons (Fsp3) is 0.143. The Hall–Kier alpha value is -2.94. The van der Waals surface area contributed by atoms with E-state index in [4.69, 9.17) is 10.00 Å². The molecule has 0 aliphatic carbocycles. The summed E-state index contributed by atoms with van der Waals surface area (Å²) in [4.78, 5) is 19.2. The van der Waals surface area contributed by atoms with Crippen molar-refractivity contribution in [2.75, 3.05) is 7.11 Å². The Morgan fingerprint density at radius 3 is 2.70 bits per heavy atom. The average molecular weight is 269 g/mol. The van der Waals surface area contributed by atoms with Crippen molar-refractivity contribution in [1.82, 2.24) is 9.97 Å². The number of carbonyl (C=O) groups is 1. The fourth-order valence-electron chi connectivity index (χ4n) is 1.49. The van der Waals surface area contributed by atoms with Gasteiger partial charge in [-0.15, -0.1) is 0 Å². The number of rotatable bonds is 4. The van der Waals surface area contributed by atoms with Gasteiger partial charge in [0.2, 0.25) is 5.88 Å². The molecule has 0 saturated heterocycles. The molecular weight excluding hydrogens is 258 g/mol. The first-order valence-electron chi connectivity index (χ1n) is 5.77. The van der Waals surface area contributed by atoms with E-state index in [1.54, 1.807) is 24.3 Å². The van der Waals surface area contributed by atoms with Crippen LogP contribution >= 0.6 is 0 Å². The minimum Gasteiger partial charge on any atom is -0.464 e. The number of methoxy groups -OCH3 is 1. The van der Waals surface area contributed by atoms with E-state index in [1.165, 1.54) is 19.5 Å². The van der Waals surface area contributed by atoms with Gasteiger partial charge in [0.15, 0.2) is 5.69 Å². The minimum atomic E-state index is -0.577. The van der Waals surface area contributed by atoms with Gasteiger partial charge in [-0.3, -0.25) is 4.98 Å². The van der Waals surface area contributed by atoms with Crippen molar-refractivity contribution in [1.29, 1.82) is 5.26 Å². The zero-order valence-electron chi connectivity index (χ0n) is 10.7. The molecule has 1 aromatic heterocycles. The molecule has 0 atom stereocenters. The molecule has 0 radical (unpaired) electrons. The van der Waals surface area contributed by atoms with Crippen LogP contribution in [0.5, 0.6) is 11.6 Å². The van der Waals surface area contributed by atoms with Crippen LogP contribution in [0.3, 0.4) is 0 Å². The van der Waals surface area contributed by atoms with Crippen molar-refractivity contribution in [3.8, 4) is 17.7 Å². The second kappa shape index (κ2) is 6.29. The van der Waals surface area contributed by atoms with Gasteiger partial charge < -0.3 is 9.47 Å². The standard InChI is InChI=1S/C14H11N3O3/c1-19-14(18)12-8-16-9-13(17-12)20-11-4-2-10(3-5-11)6-7-15/h2-5,8-9H,6H2,1H3. The van der Waals surface area contributed by atoms with Crippen molar-refractivity contribution in [3.63, 3.8) is 0 Å². The summed E-state index contributed by atoms with van der Waals surface area (Å²) in [6.45, 7) is 0. The molecule has 6 nitrogen and oxygen atoms in total. The monoisotopic (exact) mass is 269 g/mol. The first kappa shape index (κ1) is 13.5. The van der Waals surface area contributed by atoms with E-state index < -0.39 is 5.97 Å². The Morgan fingerprint density at radius 2 is 2.05 bits per heavy atom. The highest BCUT2D eigenvalue weighted by Gasteiger charge is 2.09. The molecule has 0 N–H and O–H groups in total. The fourth-order valence-corrected chi connectivity index (χ4v) is 1.49. The normalized spacial score (nSPS) is 9.60. The summed E-state index contributed by atoms with van der Waals surface area (Å²) in [5, 5.41) is 8.59. The van der Waals surface area contributed by atoms with E-state index in [0.29, 0.717) is 12.2 Å². The molecule has 0 aliphatic heterocycles. The number of carbonyl (C=O) groups excluding carboxylic acids is 1. The van der Waals surface area contributed by atoms with Gasteiger partial charge in [-0.1, -0.05) is 12.1 Å². The third kappa shape index (κ3) is 3.29. The van der Waals surface area contributed by atoms with E-state index in [-0.39, 0.29) is 11.6 Å². The van der Waals surface area contributed by atoms with Crippen molar-refractivity contribution >= 4 is 5.97 Å². The second-order valence-corrected chi connectivity index (χ2v) is 3.82. The Balaban J connectivity index is 2.13. The second-order valence-electron chi connectivity index (χ2n) is 3.82. The summed E-state index contributed by atoms with van der Waals surface area (Å²) < 4.78 is 10.0. The lowest BCUT2D eigenvalue weighted by Gasteiger charge is -2.05. The third-order valence-corrected chi connectivity index (χ3v) is 2.44. The number of ether oxygens (including phenoxy) is 2. The number of aromatic nitrogens is 2. The van der Waals surface area contributed by atoms with Crippen LogP contribution in [-0.2, 0) is 11.2 Å². The number of hydrogen-bond acceptors (Lipinski definition) is 6. The Labute approximate surface area is 115 Å². The van der Waals surface area contributed by atoms with E-state index in [0.717, 1.165) is 5.56 Å². The molecule has 0 aliphatic rings. The summed E-state index contributed by atoms with van der Waals surface area (Å²) in [6.07, 6.45) is 3.04. The molecule has 0 spiro atoms. The molecule has 0 unspecified atom stereocenters. The number of nitrogens with zero attached hydrogens (tertiary/aromatic N) is 3. The van der Waals surface area contributed by atoms with E-state index >= 15 is 0 Å². The Morgan fingerprint density at radius 1 is 1.30 bits per heavy atom. The minimum absolute atomic E-state index is 0.0751. The lowest BCUT2D eigenvalue weighted by Crippen LogP contribution is -2.05. The molecule has 6 heteroatoms. The molecule has 1 aromatic carbocycles. The topological polar surface area (TPSA) is 85.1 Å². The van der Waals surface area contributed by atoms with Gasteiger partial charge in [-0.05, 0) is 17.7 Å². The third-order valence-electron chi connectivity index (χ3n) is 2.44. The van der Waals surface area contributed by atoms with Crippen LogP contribution in [0.1, 0.15) is 16.1 Å². The number of nitriles is 1. The Bertz CT molecular complexity index is 647. The highest BCUT2D eigenvalue weighted by Crippen LogP contribution is 2.19. The van der Waals surface area contributed by atoms with Crippen molar-refractivity contribution in [2.24, 2.45) is 0 Å². The van der Waals surface area contributed by atoms with Gasteiger partial charge >= 0.3 is 5.97 Å². The summed E-state index contributed by atoms with van der Waals surface area (Å²) in [6, 6.07) is 9.08. The summed E-state index contributed by atoms with van der Waals surface area (Å²) in [5.41, 5.74) is 0.973. The van der Waals surface area contributed by atoms with E-state index in [9.17, 15) is 4.79 Å². The van der Waals surface area contributed by atoms with Gasteiger partial charge in [0.1, 0.15) is 5.75 Å². The molecule has 100 valence electrons. The van der Waals surface area contributed by atoms with Crippen molar-refractivity contribution in [3.05, 3.63) is 47.9 Å². The van der Waals surface area contributed by atoms with Gasteiger partial charge in [0, 0.05) is 0 Å². The summed E-state index contributed by atoms with van der Waals surface area (Å²) >= 11 is 0. The predicted octanol–water partition coefficient (Wildman–Crippen LogP) is 2.12. The molecule has 1 heterocycles. The Kier molecular flexibility index (Phi) is 4.24. The van der Waals surface area contributed by atoms with Crippen LogP contribution in [0.25, 0.3) is 0 Å². The SMILES string of the molecule is COC(=O)c1cncc(Oc2ccc(CC#N)cc2)n1. The van der Waals surface area contributed by atoms with Gasteiger partial charge in [-0.25, -0.2) is 9.78 Å². The van der Waals surface area contributed by atoms with E-state index in [2.05, 4.69) is 20.8 Å². The first-order chi connectivity index (χ1) is 9.72. The van der Waals surface area contributed by atoms with Crippen LogP contribution in [0, 0.1) is 11.3 Å². The smallest absolute Gasteiger partial charge is 0.358 e. The number of esters is 1. The number of benzene rings is 1. The van der Waals surface area contributed by atoms with E-state index in [1.807, 2.05) is 0 Å². The molecule has 20 heavy (non-hydrogen) atoms. The van der Waals surface area contributed by atoms with Crippen molar-refractivity contribution in [2.45, 2.75) is 6.42 Å². The molecule has 0 amide bonds. The van der Waals surface area contributed by atoms with Crippen LogP contribution in [-0.4, -0.2) is 23.0 Å². The molecule has 0 bridgehead atoms. The molecular formula is C14H11N3O3. The maximum absolute atomic E-state index is 11.3. The quantitative estimate of drug-likeness (QED) is 0.790. The van der Waals surface area contributed by atoms with Gasteiger partial charge in [-0.2, -0.15) is 5.26 Å². The maximum atomic E-state index is 11.3. The molecule has 0 saturated carbocycles. The van der Waals surface area contributed by atoms with Crippen LogP contribution in [0.2, 0.25) is 0 Å². The lowest BCUT2D eigenvalue weighted by molar-refractivity contribution is 0.0592. The molecule has 2 rings (SSSR count). The molecule has 0 fully saturated rings. The first-order valence-corrected chi connectivity index (χ1v) is 5.77. The zero-order chi connectivity index (χ0) is 14.4. The van der Waals surface area contributed by atoms with Crippen LogP contribution in [0.4, 0.5) is 0 Å². The molecule has 2 aromatic rings. The van der Waals surface area contributed by atoms with Gasteiger partial charge in [0.25, 0.3) is 0 Å². The summed E-state index contributed by atoms with van der Waals surface area (Å²) in [7, 11) is 1.27. The van der Waals surface area contributed by atoms with Gasteiger partial charge in [0.05, 0.1) is 32.0 Å².